The summed E-state index contributed by atoms with van der Waals surface area (Å²) in [4.78, 5) is 14.5. The highest BCUT2D eigenvalue weighted by atomic mass is 16.2. The highest BCUT2D eigenvalue weighted by molar-refractivity contribution is 5.96. The highest BCUT2D eigenvalue weighted by Gasteiger charge is 2.17. The highest BCUT2D eigenvalue weighted by Crippen LogP contribution is 2.14. The number of amides is 1. The monoisotopic (exact) mass is 273 g/mol. The van der Waals surface area contributed by atoms with Crippen molar-refractivity contribution in [2.45, 2.75) is 33.6 Å². The van der Waals surface area contributed by atoms with Gasteiger partial charge in [-0.05, 0) is 37.5 Å². The number of carbonyl (C=O) groups is 1. The maximum absolute atomic E-state index is 12.6. The minimum absolute atomic E-state index is 0.0240. The predicted molar refractivity (Wildman–Crippen MR) is 81.6 cm³/mol. The molecule has 1 amide bonds. The minimum Gasteiger partial charge on any atom is -0.384 e. The van der Waals surface area contributed by atoms with Crippen molar-refractivity contribution in [1.29, 1.82) is 0 Å². The van der Waals surface area contributed by atoms with Gasteiger partial charge in [0.1, 0.15) is 6.61 Å². The van der Waals surface area contributed by atoms with E-state index in [9.17, 15) is 4.79 Å². The molecule has 0 saturated heterocycles. The van der Waals surface area contributed by atoms with Crippen molar-refractivity contribution < 1.29 is 9.90 Å². The maximum atomic E-state index is 12.6. The second kappa shape index (κ2) is 8.39. The average Bonchev–Trinajstić information content (AvgIpc) is 2.44. The fraction of sp³-hybridized carbons (Fsp3) is 0.471. The van der Waals surface area contributed by atoms with Gasteiger partial charge in [0.25, 0.3) is 5.91 Å². The molecule has 0 aliphatic carbocycles. The van der Waals surface area contributed by atoms with Gasteiger partial charge in [0.05, 0.1) is 5.56 Å². The Labute approximate surface area is 121 Å². The Morgan fingerprint density at radius 3 is 2.45 bits per heavy atom. The first-order chi connectivity index (χ1) is 9.63. The van der Waals surface area contributed by atoms with Gasteiger partial charge < -0.3 is 10.0 Å². The van der Waals surface area contributed by atoms with Crippen molar-refractivity contribution in [3.05, 3.63) is 34.9 Å². The van der Waals surface area contributed by atoms with E-state index in [-0.39, 0.29) is 12.5 Å². The van der Waals surface area contributed by atoms with Gasteiger partial charge in [-0.1, -0.05) is 31.8 Å². The van der Waals surface area contributed by atoms with E-state index < -0.39 is 0 Å². The Morgan fingerprint density at radius 1 is 1.25 bits per heavy atom. The molecule has 108 valence electrons. The largest absolute Gasteiger partial charge is 0.384 e. The van der Waals surface area contributed by atoms with Crippen molar-refractivity contribution in [2.75, 3.05) is 19.7 Å². The Bertz CT molecular complexity index is 505. The van der Waals surface area contributed by atoms with E-state index in [1.807, 2.05) is 30.0 Å². The fourth-order valence-corrected chi connectivity index (χ4v) is 2.11. The molecule has 0 spiro atoms. The molecule has 0 aliphatic heterocycles. The first-order valence-corrected chi connectivity index (χ1v) is 7.13. The van der Waals surface area contributed by atoms with E-state index >= 15 is 0 Å². The summed E-state index contributed by atoms with van der Waals surface area (Å²) in [5.74, 6) is 5.53. The molecule has 0 bridgehead atoms. The van der Waals surface area contributed by atoms with Crippen LogP contribution in [0.15, 0.2) is 18.2 Å². The lowest BCUT2D eigenvalue weighted by Crippen LogP contribution is -2.33. The summed E-state index contributed by atoms with van der Waals surface area (Å²) in [5, 5.41) is 8.84. The average molecular weight is 273 g/mol. The van der Waals surface area contributed by atoms with Crippen molar-refractivity contribution in [3.8, 4) is 11.8 Å². The number of aryl methyl sites for hydroxylation is 1. The van der Waals surface area contributed by atoms with Crippen LogP contribution in [0.3, 0.4) is 0 Å². The van der Waals surface area contributed by atoms with Gasteiger partial charge in [-0.2, -0.15) is 0 Å². The molecule has 1 aromatic rings. The van der Waals surface area contributed by atoms with Crippen molar-refractivity contribution in [1.82, 2.24) is 4.90 Å². The number of rotatable bonds is 5. The molecule has 0 aromatic heterocycles. The molecule has 0 atom stereocenters. The van der Waals surface area contributed by atoms with Crippen LogP contribution in [0.25, 0.3) is 0 Å². The molecule has 0 fully saturated rings. The van der Waals surface area contributed by atoms with Crippen LogP contribution in [-0.2, 0) is 0 Å². The maximum Gasteiger partial charge on any atom is 0.255 e. The fourth-order valence-electron chi connectivity index (χ4n) is 2.11. The van der Waals surface area contributed by atoms with Gasteiger partial charge in [-0.3, -0.25) is 4.79 Å². The quantitative estimate of drug-likeness (QED) is 0.838. The third-order valence-electron chi connectivity index (χ3n) is 2.98. The van der Waals surface area contributed by atoms with Crippen LogP contribution in [0, 0.1) is 18.8 Å². The number of aliphatic hydroxyl groups excluding tert-OH is 1. The van der Waals surface area contributed by atoms with Crippen molar-refractivity contribution in [3.63, 3.8) is 0 Å². The molecule has 3 heteroatoms. The number of aliphatic hydroxyl groups is 1. The standard InChI is InChI=1S/C17H23NO2/c1-4-10-18(11-5-2)17(20)16-9-8-14(3)13-15(16)7-6-12-19/h8-9,13,19H,4-5,10-12H2,1-3H3. The Morgan fingerprint density at radius 2 is 1.90 bits per heavy atom. The van der Waals surface area contributed by atoms with Gasteiger partial charge >= 0.3 is 0 Å². The van der Waals surface area contributed by atoms with E-state index in [1.54, 1.807) is 0 Å². The van der Waals surface area contributed by atoms with Crippen LogP contribution in [0.4, 0.5) is 0 Å². The number of hydrogen-bond donors (Lipinski definition) is 1. The number of nitrogens with zero attached hydrogens (tertiary/aromatic N) is 1. The van der Waals surface area contributed by atoms with Crippen LogP contribution in [0.2, 0.25) is 0 Å². The van der Waals surface area contributed by atoms with Gasteiger partial charge in [0.2, 0.25) is 0 Å². The Kier molecular flexibility index (Phi) is 6.83. The number of hydrogen-bond acceptors (Lipinski definition) is 2. The summed E-state index contributed by atoms with van der Waals surface area (Å²) in [5.41, 5.74) is 2.38. The zero-order chi connectivity index (χ0) is 15.0. The van der Waals surface area contributed by atoms with Crippen LogP contribution in [-0.4, -0.2) is 35.6 Å². The normalized spacial score (nSPS) is 9.80. The summed E-state index contributed by atoms with van der Waals surface area (Å²) in [6.07, 6.45) is 1.88. The van der Waals surface area contributed by atoms with Crippen molar-refractivity contribution >= 4 is 5.91 Å². The molecule has 20 heavy (non-hydrogen) atoms. The van der Waals surface area contributed by atoms with Crippen molar-refractivity contribution in [2.24, 2.45) is 0 Å². The molecule has 1 N–H and O–H groups in total. The predicted octanol–water partition coefficient (Wildman–Crippen LogP) is 2.60. The van der Waals surface area contributed by atoms with Gasteiger partial charge in [-0.25, -0.2) is 0 Å². The van der Waals surface area contributed by atoms with Crippen LogP contribution < -0.4 is 0 Å². The molecule has 3 nitrogen and oxygen atoms in total. The second-order valence-corrected chi connectivity index (χ2v) is 4.80. The van der Waals surface area contributed by atoms with E-state index in [0.717, 1.165) is 31.5 Å². The van der Waals surface area contributed by atoms with E-state index in [1.165, 1.54) is 0 Å². The Hall–Kier alpha value is -1.79. The van der Waals surface area contributed by atoms with E-state index in [4.69, 9.17) is 5.11 Å². The SMILES string of the molecule is CCCN(CCC)C(=O)c1ccc(C)cc1C#CCO. The smallest absolute Gasteiger partial charge is 0.255 e. The molecule has 0 saturated carbocycles. The third-order valence-corrected chi connectivity index (χ3v) is 2.98. The van der Waals surface area contributed by atoms with Gasteiger partial charge in [-0.15, -0.1) is 0 Å². The number of carbonyl (C=O) groups excluding carboxylic acids is 1. The molecular weight excluding hydrogens is 250 g/mol. The lowest BCUT2D eigenvalue weighted by Gasteiger charge is -2.22. The zero-order valence-corrected chi connectivity index (χ0v) is 12.6. The molecular formula is C17H23NO2. The molecule has 0 unspecified atom stereocenters. The summed E-state index contributed by atoms with van der Waals surface area (Å²) in [6.45, 7) is 7.42. The van der Waals surface area contributed by atoms with Gasteiger partial charge in [0.15, 0.2) is 0 Å². The zero-order valence-electron chi connectivity index (χ0n) is 12.6. The lowest BCUT2D eigenvalue weighted by atomic mass is 10.0. The molecule has 0 heterocycles. The van der Waals surface area contributed by atoms with Crippen LogP contribution in [0.1, 0.15) is 48.2 Å². The van der Waals surface area contributed by atoms with Crippen LogP contribution >= 0.6 is 0 Å². The summed E-state index contributed by atoms with van der Waals surface area (Å²) in [7, 11) is 0. The van der Waals surface area contributed by atoms with Crippen LogP contribution in [0.5, 0.6) is 0 Å². The van der Waals surface area contributed by atoms with E-state index in [2.05, 4.69) is 25.7 Å². The minimum atomic E-state index is -0.199. The summed E-state index contributed by atoms with van der Waals surface area (Å²) >= 11 is 0. The first kappa shape index (κ1) is 16.3. The molecule has 0 radical (unpaired) electrons. The Balaban J connectivity index is 3.12. The van der Waals surface area contributed by atoms with Gasteiger partial charge in [0, 0.05) is 18.7 Å². The summed E-state index contributed by atoms with van der Waals surface area (Å²) in [6, 6.07) is 5.65. The third kappa shape index (κ3) is 4.40. The van der Waals surface area contributed by atoms with E-state index in [0.29, 0.717) is 11.1 Å². The lowest BCUT2D eigenvalue weighted by molar-refractivity contribution is 0.0755. The second-order valence-electron chi connectivity index (χ2n) is 4.80. The molecule has 0 aliphatic rings. The molecule has 1 aromatic carbocycles. The first-order valence-electron chi connectivity index (χ1n) is 7.13. The number of benzene rings is 1. The topological polar surface area (TPSA) is 40.5 Å². The molecule has 1 rings (SSSR count). The summed E-state index contributed by atoms with van der Waals surface area (Å²) < 4.78 is 0.